The highest BCUT2D eigenvalue weighted by Crippen LogP contribution is 2.33. The minimum atomic E-state index is -4.66. The first-order valence-corrected chi connectivity index (χ1v) is 10.8. The molecule has 0 aliphatic carbocycles. The molecule has 1 amide bonds. The van der Waals surface area contributed by atoms with Crippen LogP contribution in [0.5, 0.6) is 0 Å². The van der Waals surface area contributed by atoms with Gasteiger partial charge in [0.1, 0.15) is 5.69 Å². The van der Waals surface area contributed by atoms with Crippen LogP contribution in [0.4, 0.5) is 18.9 Å². The number of nitrogens with zero attached hydrogens (tertiary/aromatic N) is 5. The summed E-state index contributed by atoms with van der Waals surface area (Å²) in [6.07, 6.45) is -4.66. The number of thiazole rings is 1. The Morgan fingerprint density at radius 2 is 1.83 bits per heavy atom. The Labute approximate surface area is 199 Å². The largest absolute Gasteiger partial charge is 0.435 e. The molecule has 0 spiro atoms. The zero-order valence-electron chi connectivity index (χ0n) is 17.9. The molecule has 0 saturated heterocycles. The number of rotatable bonds is 6. The lowest BCUT2D eigenvalue weighted by Crippen LogP contribution is -2.20. The zero-order chi connectivity index (χ0) is 25.2. The summed E-state index contributed by atoms with van der Waals surface area (Å²) in [6.45, 7) is 1.60. The van der Waals surface area contributed by atoms with E-state index in [1.165, 1.54) is 29.6 Å². The van der Waals surface area contributed by atoms with Gasteiger partial charge in [0.2, 0.25) is 5.13 Å². The van der Waals surface area contributed by atoms with Crippen molar-refractivity contribution in [3.63, 3.8) is 0 Å². The number of non-ortho nitro benzene ring substituents is 1. The van der Waals surface area contributed by atoms with Crippen LogP contribution in [0.25, 0.3) is 16.4 Å². The average molecular weight is 500 g/mol. The van der Waals surface area contributed by atoms with E-state index in [4.69, 9.17) is 0 Å². The van der Waals surface area contributed by atoms with Crippen molar-refractivity contribution in [3.05, 3.63) is 93.1 Å². The Morgan fingerprint density at radius 3 is 2.46 bits per heavy atom. The van der Waals surface area contributed by atoms with Gasteiger partial charge in [0.25, 0.3) is 11.6 Å². The highest BCUT2D eigenvalue weighted by Gasteiger charge is 2.35. The van der Waals surface area contributed by atoms with Gasteiger partial charge >= 0.3 is 6.18 Å². The monoisotopic (exact) mass is 500 g/mol. The van der Waals surface area contributed by atoms with Crippen molar-refractivity contribution >= 4 is 28.6 Å². The van der Waals surface area contributed by atoms with Crippen molar-refractivity contribution in [3.8, 4) is 16.4 Å². The van der Waals surface area contributed by atoms with Crippen LogP contribution in [-0.4, -0.2) is 31.3 Å². The van der Waals surface area contributed by atoms with Gasteiger partial charge in [-0.3, -0.25) is 14.9 Å². The number of nitro groups is 1. The number of benzene rings is 2. The molecule has 2 heterocycles. The molecule has 0 radical (unpaired) electrons. The quantitative estimate of drug-likeness (QED) is 0.225. The number of carbonyl (C=O) groups is 1. The molecule has 178 valence electrons. The molecular formula is C22H15F3N6O3S. The lowest BCUT2D eigenvalue weighted by molar-refractivity contribution is -0.384. The van der Waals surface area contributed by atoms with Crippen molar-refractivity contribution in [2.24, 2.45) is 5.10 Å². The van der Waals surface area contributed by atoms with E-state index in [1.54, 1.807) is 37.3 Å². The van der Waals surface area contributed by atoms with Gasteiger partial charge in [0, 0.05) is 23.1 Å². The highest BCUT2D eigenvalue weighted by molar-refractivity contribution is 7.12. The Kier molecular flexibility index (Phi) is 6.42. The first-order valence-electron chi connectivity index (χ1n) is 9.91. The second-order valence-electron chi connectivity index (χ2n) is 7.15. The van der Waals surface area contributed by atoms with Crippen molar-refractivity contribution in [1.82, 2.24) is 20.2 Å². The third-order valence-corrected chi connectivity index (χ3v) is 5.61. The van der Waals surface area contributed by atoms with Gasteiger partial charge < -0.3 is 0 Å². The first kappa shape index (κ1) is 23.8. The number of hydrazone groups is 1. The van der Waals surface area contributed by atoms with Crippen LogP contribution >= 0.6 is 11.3 Å². The summed E-state index contributed by atoms with van der Waals surface area (Å²) in [5, 5.41) is 19.8. The number of halogens is 3. The van der Waals surface area contributed by atoms with E-state index in [9.17, 15) is 28.1 Å². The van der Waals surface area contributed by atoms with E-state index in [1.807, 2.05) is 0 Å². The molecule has 0 aliphatic rings. The molecule has 4 aromatic rings. The number of alkyl halides is 3. The number of amides is 1. The third kappa shape index (κ3) is 5.24. The van der Waals surface area contributed by atoms with Crippen LogP contribution in [0.2, 0.25) is 0 Å². The maximum absolute atomic E-state index is 13.3. The van der Waals surface area contributed by atoms with Gasteiger partial charge in [-0.2, -0.15) is 23.4 Å². The summed E-state index contributed by atoms with van der Waals surface area (Å²) in [4.78, 5) is 26.9. The molecule has 0 aliphatic heterocycles. The summed E-state index contributed by atoms with van der Waals surface area (Å²) in [6, 6.07) is 14.9. The third-order valence-electron chi connectivity index (χ3n) is 4.80. The lowest BCUT2D eigenvalue weighted by Gasteiger charge is -2.04. The van der Waals surface area contributed by atoms with Gasteiger partial charge in [-0.1, -0.05) is 30.3 Å². The van der Waals surface area contributed by atoms with Crippen molar-refractivity contribution in [2.45, 2.75) is 13.1 Å². The smallest absolute Gasteiger partial charge is 0.266 e. The minimum Gasteiger partial charge on any atom is -0.266 e. The number of aromatic nitrogens is 3. The number of carbonyl (C=O) groups excluding carboxylic acids is 1. The highest BCUT2D eigenvalue weighted by atomic mass is 32.1. The van der Waals surface area contributed by atoms with Crippen molar-refractivity contribution in [2.75, 3.05) is 0 Å². The summed E-state index contributed by atoms with van der Waals surface area (Å²) in [7, 11) is 0. The number of nitro benzene ring substituents is 1. The topological polar surface area (TPSA) is 115 Å². The number of hydrogen-bond acceptors (Lipinski definition) is 7. The number of nitrogens with one attached hydrogen (secondary N) is 1. The molecule has 0 unspecified atom stereocenters. The Balaban J connectivity index is 1.57. The Bertz CT molecular complexity index is 1410. The van der Waals surface area contributed by atoms with Crippen LogP contribution in [0.15, 0.2) is 71.1 Å². The molecule has 13 heteroatoms. The SMILES string of the molecule is CC(=NNC(=O)c1csc(-n2nc(C(F)(F)F)cc2-c2ccccc2)n1)c1ccc([N+](=O)[O-])cc1. The van der Waals surface area contributed by atoms with E-state index in [0.717, 1.165) is 22.1 Å². The molecule has 2 aromatic heterocycles. The van der Waals surface area contributed by atoms with E-state index < -0.39 is 22.7 Å². The minimum absolute atomic E-state index is 0.0617. The van der Waals surface area contributed by atoms with E-state index in [-0.39, 0.29) is 22.2 Å². The zero-order valence-corrected chi connectivity index (χ0v) is 18.7. The lowest BCUT2D eigenvalue weighted by atomic mass is 10.1. The fraction of sp³-hybridized carbons (Fsp3) is 0.0909. The molecule has 0 saturated carbocycles. The second kappa shape index (κ2) is 9.46. The summed E-state index contributed by atoms with van der Waals surface area (Å²) >= 11 is 0.948. The average Bonchev–Trinajstić information content (AvgIpc) is 3.50. The fourth-order valence-corrected chi connectivity index (χ4v) is 3.79. The summed E-state index contributed by atoms with van der Waals surface area (Å²) in [5.41, 5.74) is 2.71. The standard InChI is InChI=1S/C22H15F3N6O3S/c1-13(14-7-9-16(10-8-14)31(33)34)27-28-20(32)17-12-35-21(26-17)30-18(15-5-3-2-4-6-15)11-19(29-30)22(23,24)25/h2-12H,1H3,(H,28,32). The van der Waals surface area contributed by atoms with Gasteiger partial charge in [-0.05, 0) is 30.7 Å². The summed E-state index contributed by atoms with van der Waals surface area (Å²) < 4.78 is 41.0. The van der Waals surface area contributed by atoms with E-state index in [2.05, 4.69) is 20.6 Å². The van der Waals surface area contributed by atoms with E-state index >= 15 is 0 Å². The molecule has 2 aromatic carbocycles. The predicted molar refractivity (Wildman–Crippen MR) is 122 cm³/mol. The van der Waals surface area contributed by atoms with Crippen molar-refractivity contribution in [1.29, 1.82) is 0 Å². The van der Waals surface area contributed by atoms with Gasteiger partial charge in [0.15, 0.2) is 5.69 Å². The Hall–Kier alpha value is -4.39. The normalized spacial score (nSPS) is 11.9. The van der Waals surface area contributed by atoms with E-state index in [0.29, 0.717) is 16.8 Å². The molecule has 0 atom stereocenters. The van der Waals surface area contributed by atoms with Crippen LogP contribution in [0.3, 0.4) is 0 Å². The van der Waals surface area contributed by atoms with Crippen LogP contribution in [0, 0.1) is 10.1 Å². The van der Waals surface area contributed by atoms with Gasteiger partial charge in [-0.25, -0.2) is 15.1 Å². The van der Waals surface area contributed by atoms with Crippen LogP contribution in [0.1, 0.15) is 28.7 Å². The van der Waals surface area contributed by atoms with Crippen LogP contribution < -0.4 is 5.43 Å². The maximum Gasteiger partial charge on any atom is 0.435 e. The molecule has 1 N–H and O–H groups in total. The molecule has 35 heavy (non-hydrogen) atoms. The van der Waals surface area contributed by atoms with Crippen LogP contribution in [-0.2, 0) is 6.18 Å². The first-order chi connectivity index (χ1) is 16.6. The summed E-state index contributed by atoms with van der Waals surface area (Å²) in [5.74, 6) is -0.682. The fourth-order valence-electron chi connectivity index (χ4n) is 3.03. The molecule has 0 bridgehead atoms. The molecule has 9 nitrogen and oxygen atoms in total. The van der Waals surface area contributed by atoms with Crippen molar-refractivity contribution < 1.29 is 22.9 Å². The van der Waals surface area contributed by atoms with Gasteiger partial charge in [-0.15, -0.1) is 11.3 Å². The van der Waals surface area contributed by atoms with Gasteiger partial charge in [0.05, 0.1) is 16.3 Å². The molecule has 0 fully saturated rings. The number of hydrogen-bond donors (Lipinski definition) is 1. The predicted octanol–water partition coefficient (Wildman–Crippen LogP) is 5.08. The molecular weight excluding hydrogens is 485 g/mol. The molecule has 4 rings (SSSR count). The Morgan fingerprint density at radius 1 is 1.14 bits per heavy atom. The second-order valence-corrected chi connectivity index (χ2v) is 7.98. The maximum atomic E-state index is 13.3.